The van der Waals surface area contributed by atoms with Gasteiger partial charge >= 0.3 is 11.9 Å². The van der Waals surface area contributed by atoms with Gasteiger partial charge < -0.3 is 24.1 Å². The van der Waals surface area contributed by atoms with Crippen LogP contribution in [-0.4, -0.2) is 49.5 Å². The Kier molecular flexibility index (Phi) is 4.45. The Morgan fingerprint density at radius 1 is 1.20 bits per heavy atom. The molecule has 25 heavy (non-hydrogen) atoms. The average Bonchev–Trinajstić information content (AvgIpc) is 3.11. The summed E-state index contributed by atoms with van der Waals surface area (Å²) in [6.45, 7) is 3.98. The van der Waals surface area contributed by atoms with Gasteiger partial charge in [0.2, 0.25) is 0 Å². The molecule has 0 radical (unpaired) electrons. The van der Waals surface area contributed by atoms with Crippen LogP contribution in [0, 0.1) is 13.8 Å². The van der Waals surface area contributed by atoms with Crippen LogP contribution in [0.4, 0.5) is 5.69 Å². The molecule has 0 fully saturated rings. The van der Waals surface area contributed by atoms with Crippen LogP contribution in [0.2, 0.25) is 0 Å². The van der Waals surface area contributed by atoms with Crippen molar-refractivity contribution in [2.75, 3.05) is 32.5 Å². The number of hydrogen-bond acceptors (Lipinski definition) is 7. The molecule has 1 N–H and O–H groups in total. The molecule has 0 amide bonds. The number of rotatable bonds is 3. The summed E-state index contributed by atoms with van der Waals surface area (Å²) in [4.78, 5) is 33.5. The first kappa shape index (κ1) is 17.0. The number of imidazole rings is 1. The van der Waals surface area contributed by atoms with E-state index in [1.807, 2.05) is 19.9 Å². The lowest BCUT2D eigenvalue weighted by Gasteiger charge is -2.32. The summed E-state index contributed by atoms with van der Waals surface area (Å²) in [7, 11) is 2.53. The number of ether oxygens (including phenoxy) is 3. The number of methoxy groups -OCH3 is 2. The minimum absolute atomic E-state index is 0.0159. The number of aryl methyl sites for hydroxylation is 1. The van der Waals surface area contributed by atoms with E-state index in [4.69, 9.17) is 14.2 Å². The zero-order chi connectivity index (χ0) is 18.1. The van der Waals surface area contributed by atoms with Crippen molar-refractivity contribution in [3.05, 3.63) is 34.8 Å². The maximum Gasteiger partial charge on any atom is 0.355 e. The molecule has 1 aliphatic rings. The van der Waals surface area contributed by atoms with Crippen molar-refractivity contribution in [2.24, 2.45) is 0 Å². The fourth-order valence-electron chi connectivity index (χ4n) is 2.94. The number of hydrogen-bond donors (Lipinski definition) is 1. The molecule has 1 aliphatic heterocycles. The van der Waals surface area contributed by atoms with Gasteiger partial charge in [-0.1, -0.05) is 0 Å². The Bertz CT molecular complexity index is 884. The van der Waals surface area contributed by atoms with E-state index < -0.39 is 11.9 Å². The van der Waals surface area contributed by atoms with Gasteiger partial charge in [-0.05, 0) is 31.0 Å². The number of aromatic amines is 1. The Balaban J connectivity index is 2.22. The topological polar surface area (TPSA) is 93.8 Å². The number of nitrogens with zero attached hydrogens (tertiary/aromatic N) is 2. The van der Waals surface area contributed by atoms with Gasteiger partial charge in [0.25, 0.3) is 0 Å². The smallest absolute Gasteiger partial charge is 0.355 e. The minimum Gasteiger partial charge on any atom is -0.466 e. The zero-order valence-corrected chi connectivity index (χ0v) is 14.5. The standard InChI is InChI=1S/C17H19N3O5/c1-9-10(2)14-12(18-7-19-14)5-13(9)20-8-25-6-11(16(21)23-3)15(20)17(22)24-4/h5,7H,6,8H2,1-4H3,(H,18,19). The highest BCUT2D eigenvalue weighted by Crippen LogP contribution is 2.33. The number of nitrogens with one attached hydrogen (secondary N) is 1. The molecule has 0 atom stereocenters. The molecule has 1 aromatic heterocycles. The SMILES string of the molecule is COC(=O)C1=C(C(=O)OC)N(c2cc3[nH]cnc3c(C)c2C)COC1. The molecular weight excluding hydrogens is 326 g/mol. The Morgan fingerprint density at radius 2 is 1.92 bits per heavy atom. The highest BCUT2D eigenvalue weighted by Gasteiger charge is 2.33. The Hall–Kier alpha value is -2.87. The van der Waals surface area contributed by atoms with Gasteiger partial charge in [-0.15, -0.1) is 0 Å². The minimum atomic E-state index is -0.623. The maximum atomic E-state index is 12.4. The quantitative estimate of drug-likeness (QED) is 0.844. The summed E-state index contributed by atoms with van der Waals surface area (Å²) in [5, 5.41) is 0. The number of carbonyl (C=O) groups is 2. The van der Waals surface area contributed by atoms with Crippen LogP contribution < -0.4 is 4.90 Å². The van der Waals surface area contributed by atoms with Gasteiger partial charge in [0.1, 0.15) is 12.4 Å². The molecule has 2 aromatic rings. The van der Waals surface area contributed by atoms with Crippen LogP contribution >= 0.6 is 0 Å². The molecule has 8 nitrogen and oxygen atoms in total. The molecule has 0 saturated carbocycles. The predicted molar refractivity (Wildman–Crippen MR) is 89.9 cm³/mol. The van der Waals surface area contributed by atoms with Crippen LogP contribution in [0.3, 0.4) is 0 Å². The van der Waals surface area contributed by atoms with Crippen molar-refractivity contribution in [1.29, 1.82) is 0 Å². The third-order valence-corrected chi connectivity index (χ3v) is 4.38. The molecule has 0 unspecified atom stereocenters. The maximum absolute atomic E-state index is 12.4. The van der Waals surface area contributed by atoms with E-state index in [9.17, 15) is 9.59 Å². The molecule has 2 heterocycles. The van der Waals surface area contributed by atoms with Gasteiger partial charge in [0.05, 0.1) is 43.8 Å². The monoisotopic (exact) mass is 345 g/mol. The summed E-state index contributed by atoms with van der Waals surface area (Å²) in [5.41, 5.74) is 4.57. The molecule has 1 aromatic carbocycles. The Morgan fingerprint density at radius 3 is 2.60 bits per heavy atom. The van der Waals surface area contributed by atoms with Crippen LogP contribution in [0.25, 0.3) is 11.0 Å². The average molecular weight is 345 g/mol. The zero-order valence-electron chi connectivity index (χ0n) is 14.5. The van der Waals surface area contributed by atoms with E-state index in [0.29, 0.717) is 0 Å². The van der Waals surface area contributed by atoms with Crippen LogP contribution in [0.5, 0.6) is 0 Å². The van der Waals surface area contributed by atoms with Crippen molar-refractivity contribution in [3.8, 4) is 0 Å². The fraction of sp³-hybridized carbons (Fsp3) is 0.353. The molecule has 0 bridgehead atoms. The second kappa shape index (κ2) is 6.56. The summed E-state index contributed by atoms with van der Waals surface area (Å²) < 4.78 is 15.2. The highest BCUT2D eigenvalue weighted by molar-refractivity contribution is 6.04. The molecular formula is C17H19N3O5. The second-order valence-corrected chi connectivity index (χ2v) is 5.66. The molecule has 132 valence electrons. The van der Waals surface area contributed by atoms with Crippen molar-refractivity contribution in [2.45, 2.75) is 13.8 Å². The van der Waals surface area contributed by atoms with Gasteiger partial charge in [0.15, 0.2) is 0 Å². The van der Waals surface area contributed by atoms with E-state index >= 15 is 0 Å². The van der Waals surface area contributed by atoms with E-state index in [0.717, 1.165) is 27.8 Å². The third kappa shape index (κ3) is 2.74. The second-order valence-electron chi connectivity index (χ2n) is 5.66. The van der Waals surface area contributed by atoms with Crippen molar-refractivity contribution in [1.82, 2.24) is 9.97 Å². The van der Waals surface area contributed by atoms with E-state index in [2.05, 4.69) is 9.97 Å². The van der Waals surface area contributed by atoms with E-state index in [1.165, 1.54) is 14.2 Å². The fourth-order valence-corrected chi connectivity index (χ4v) is 2.94. The number of esters is 2. The first-order valence-electron chi connectivity index (χ1n) is 7.68. The molecule has 0 aliphatic carbocycles. The summed E-state index contributed by atoms with van der Waals surface area (Å²) in [5.74, 6) is -1.24. The van der Waals surface area contributed by atoms with E-state index in [-0.39, 0.29) is 24.6 Å². The predicted octanol–water partition coefficient (Wildman–Crippen LogP) is 1.57. The number of H-pyrrole nitrogens is 1. The number of benzene rings is 1. The molecule has 0 saturated heterocycles. The number of carbonyl (C=O) groups excluding carboxylic acids is 2. The summed E-state index contributed by atoms with van der Waals surface area (Å²) in [6.07, 6.45) is 1.62. The van der Waals surface area contributed by atoms with Gasteiger partial charge in [-0.2, -0.15) is 0 Å². The molecule has 8 heteroatoms. The Labute approximate surface area is 144 Å². The third-order valence-electron chi connectivity index (χ3n) is 4.38. The first-order valence-corrected chi connectivity index (χ1v) is 7.68. The van der Waals surface area contributed by atoms with Gasteiger partial charge in [-0.3, -0.25) is 0 Å². The van der Waals surface area contributed by atoms with Gasteiger partial charge in [-0.25, -0.2) is 14.6 Å². The highest BCUT2D eigenvalue weighted by atomic mass is 16.5. The summed E-state index contributed by atoms with van der Waals surface area (Å²) in [6, 6.07) is 1.87. The molecule has 0 spiro atoms. The van der Waals surface area contributed by atoms with Gasteiger partial charge in [0, 0.05) is 5.69 Å². The van der Waals surface area contributed by atoms with Crippen LogP contribution in [0.15, 0.2) is 23.7 Å². The first-order chi connectivity index (χ1) is 12.0. The number of anilines is 1. The van der Waals surface area contributed by atoms with Crippen LogP contribution in [0.1, 0.15) is 11.1 Å². The normalized spacial score (nSPS) is 14.8. The van der Waals surface area contributed by atoms with Crippen molar-refractivity contribution < 1.29 is 23.8 Å². The number of aromatic nitrogens is 2. The molecule has 3 rings (SSSR count). The summed E-state index contributed by atoms with van der Waals surface area (Å²) >= 11 is 0. The lowest BCUT2D eigenvalue weighted by Crippen LogP contribution is -2.39. The largest absolute Gasteiger partial charge is 0.466 e. The number of fused-ring (bicyclic) bond motifs is 1. The lowest BCUT2D eigenvalue weighted by molar-refractivity contribution is -0.140. The van der Waals surface area contributed by atoms with E-state index in [1.54, 1.807) is 11.2 Å². The van der Waals surface area contributed by atoms with Crippen molar-refractivity contribution >= 4 is 28.7 Å². The van der Waals surface area contributed by atoms with Crippen LogP contribution in [-0.2, 0) is 23.8 Å². The lowest BCUT2D eigenvalue weighted by atomic mass is 10.0. The van der Waals surface area contributed by atoms with Crippen molar-refractivity contribution in [3.63, 3.8) is 0 Å².